The summed E-state index contributed by atoms with van der Waals surface area (Å²) in [5.74, 6) is -2.32. The molecule has 2 N–H and O–H groups in total. The van der Waals surface area contributed by atoms with Gasteiger partial charge in [-0.25, -0.2) is 9.59 Å². The number of nitrogens with one attached hydrogen (secondary N) is 2. The van der Waals surface area contributed by atoms with Crippen molar-refractivity contribution in [2.75, 3.05) is 33.5 Å². The fourth-order valence-corrected chi connectivity index (χ4v) is 2.54. The van der Waals surface area contributed by atoms with E-state index in [-0.39, 0.29) is 32.7 Å². The second kappa shape index (κ2) is 16.0. The smallest absolute Gasteiger partial charge is 0.408 e. The highest BCUT2D eigenvalue weighted by atomic mass is 16.6. The Morgan fingerprint density at radius 1 is 0.970 bits per heavy atom. The first-order valence-electron chi connectivity index (χ1n) is 10.7. The van der Waals surface area contributed by atoms with Gasteiger partial charge < -0.3 is 29.6 Å². The van der Waals surface area contributed by atoms with Crippen LogP contribution >= 0.6 is 0 Å². The standard InChI is InChI=1S/C23H38N2O8/c1-8-11-31-13-10-17(21(28)30-7)24-20(27)16(3)14-19(26)18(15-32-12-9-2)25-22(29)33-23(4,5)6/h8-9,16-18H,1-2,10-15H2,3-7H3,(H,24,27)(H,25,29)/t16-,17+,18+/m1/s1. The van der Waals surface area contributed by atoms with Crippen molar-refractivity contribution >= 4 is 23.8 Å². The number of hydrogen-bond donors (Lipinski definition) is 2. The maximum Gasteiger partial charge on any atom is 0.408 e. The van der Waals surface area contributed by atoms with Gasteiger partial charge in [0.05, 0.1) is 26.9 Å². The molecule has 0 saturated heterocycles. The Hall–Kier alpha value is -2.72. The molecule has 0 spiro atoms. The number of amides is 2. The third kappa shape index (κ3) is 14.1. The zero-order valence-electron chi connectivity index (χ0n) is 20.3. The van der Waals surface area contributed by atoms with E-state index in [1.165, 1.54) is 13.2 Å². The zero-order valence-corrected chi connectivity index (χ0v) is 20.3. The first-order valence-corrected chi connectivity index (χ1v) is 10.7. The molecular weight excluding hydrogens is 432 g/mol. The van der Waals surface area contributed by atoms with E-state index in [2.05, 4.69) is 23.8 Å². The van der Waals surface area contributed by atoms with Crippen LogP contribution in [0, 0.1) is 5.92 Å². The number of ketones is 1. The second-order valence-electron chi connectivity index (χ2n) is 8.33. The number of rotatable bonds is 16. The topological polar surface area (TPSA) is 129 Å². The summed E-state index contributed by atoms with van der Waals surface area (Å²) in [6, 6.07) is -1.93. The third-order valence-corrected chi connectivity index (χ3v) is 4.14. The maximum absolute atomic E-state index is 12.8. The van der Waals surface area contributed by atoms with E-state index in [0.29, 0.717) is 6.61 Å². The SMILES string of the molecule is C=CCOCC[C@H](NC(=O)[C@H](C)CC(=O)[C@H](COCC=C)NC(=O)OC(C)(C)C)C(=O)OC. The molecule has 33 heavy (non-hydrogen) atoms. The van der Waals surface area contributed by atoms with Crippen molar-refractivity contribution in [1.82, 2.24) is 10.6 Å². The Bertz CT molecular complexity index is 672. The summed E-state index contributed by atoms with van der Waals surface area (Å²) in [4.78, 5) is 49.5. The number of methoxy groups -OCH3 is 1. The van der Waals surface area contributed by atoms with Crippen LogP contribution in [-0.2, 0) is 33.3 Å². The summed E-state index contributed by atoms with van der Waals surface area (Å²) in [6.45, 7) is 14.3. The summed E-state index contributed by atoms with van der Waals surface area (Å²) in [5, 5.41) is 5.07. The van der Waals surface area contributed by atoms with Gasteiger partial charge in [0.2, 0.25) is 5.91 Å². The minimum absolute atomic E-state index is 0.107. The highest BCUT2D eigenvalue weighted by Crippen LogP contribution is 2.10. The van der Waals surface area contributed by atoms with Gasteiger partial charge in [-0.2, -0.15) is 0 Å². The minimum atomic E-state index is -1.02. The van der Waals surface area contributed by atoms with Crippen molar-refractivity contribution in [3.63, 3.8) is 0 Å². The van der Waals surface area contributed by atoms with E-state index in [1.54, 1.807) is 33.8 Å². The molecule has 0 aliphatic heterocycles. The third-order valence-electron chi connectivity index (χ3n) is 4.14. The van der Waals surface area contributed by atoms with E-state index in [4.69, 9.17) is 18.9 Å². The lowest BCUT2D eigenvalue weighted by Gasteiger charge is -2.24. The van der Waals surface area contributed by atoms with E-state index in [9.17, 15) is 19.2 Å². The predicted octanol–water partition coefficient (Wildman–Crippen LogP) is 1.93. The Kier molecular flexibility index (Phi) is 14.7. The molecule has 10 nitrogen and oxygen atoms in total. The van der Waals surface area contributed by atoms with E-state index in [1.807, 2.05) is 0 Å². The van der Waals surface area contributed by atoms with Gasteiger partial charge in [0.15, 0.2) is 5.78 Å². The van der Waals surface area contributed by atoms with Crippen LogP contribution in [0.25, 0.3) is 0 Å². The Morgan fingerprint density at radius 2 is 1.58 bits per heavy atom. The molecule has 0 radical (unpaired) electrons. The molecule has 0 saturated carbocycles. The normalized spacial score (nSPS) is 13.7. The van der Waals surface area contributed by atoms with Crippen LogP contribution in [0.5, 0.6) is 0 Å². The minimum Gasteiger partial charge on any atom is -0.467 e. The molecule has 0 aromatic heterocycles. The van der Waals surface area contributed by atoms with Crippen molar-refractivity contribution in [3.8, 4) is 0 Å². The van der Waals surface area contributed by atoms with E-state index < -0.39 is 47.4 Å². The van der Waals surface area contributed by atoms with Crippen LogP contribution in [0.3, 0.4) is 0 Å². The summed E-state index contributed by atoms with van der Waals surface area (Å²) in [5.41, 5.74) is -0.745. The number of esters is 1. The lowest BCUT2D eigenvalue weighted by Crippen LogP contribution is -2.48. The second-order valence-corrected chi connectivity index (χ2v) is 8.33. The first kappa shape index (κ1) is 30.3. The highest BCUT2D eigenvalue weighted by Gasteiger charge is 2.29. The summed E-state index contributed by atoms with van der Waals surface area (Å²) in [6.07, 6.45) is 2.32. The van der Waals surface area contributed by atoms with Gasteiger partial charge in [0.25, 0.3) is 0 Å². The summed E-state index contributed by atoms with van der Waals surface area (Å²) in [7, 11) is 1.22. The number of hydrogen-bond acceptors (Lipinski definition) is 8. The Balaban J connectivity index is 5.05. The van der Waals surface area contributed by atoms with Crippen LogP contribution in [0.2, 0.25) is 0 Å². The number of alkyl carbamates (subject to hydrolysis) is 1. The van der Waals surface area contributed by atoms with Crippen molar-refractivity contribution in [2.24, 2.45) is 5.92 Å². The molecule has 0 unspecified atom stereocenters. The number of carbonyl (C=O) groups excluding carboxylic acids is 4. The average molecular weight is 471 g/mol. The molecule has 0 aliphatic rings. The van der Waals surface area contributed by atoms with Gasteiger partial charge in [0, 0.05) is 25.4 Å². The highest BCUT2D eigenvalue weighted by molar-refractivity contribution is 5.92. The Morgan fingerprint density at radius 3 is 2.12 bits per heavy atom. The molecule has 0 fully saturated rings. The molecule has 10 heteroatoms. The molecule has 3 atom stereocenters. The van der Waals surface area contributed by atoms with Crippen molar-refractivity contribution in [2.45, 2.75) is 58.2 Å². The first-order chi connectivity index (χ1) is 15.4. The van der Waals surface area contributed by atoms with Crippen molar-refractivity contribution < 1.29 is 38.1 Å². The molecule has 2 amide bonds. The average Bonchev–Trinajstić information content (AvgIpc) is 2.73. The van der Waals surface area contributed by atoms with Crippen LogP contribution in [0.4, 0.5) is 4.79 Å². The molecule has 0 bridgehead atoms. The summed E-state index contributed by atoms with van der Waals surface area (Å²) >= 11 is 0. The van der Waals surface area contributed by atoms with Gasteiger partial charge in [-0.15, -0.1) is 13.2 Å². The lowest BCUT2D eigenvalue weighted by atomic mass is 9.99. The fraction of sp³-hybridized carbons (Fsp3) is 0.652. The summed E-state index contributed by atoms with van der Waals surface area (Å²) < 4.78 is 20.5. The molecule has 0 aromatic carbocycles. The molecule has 0 heterocycles. The molecule has 0 rings (SSSR count). The number of Topliss-reactive ketones (excluding diaryl/α,β-unsaturated/α-hetero) is 1. The van der Waals surface area contributed by atoms with Crippen LogP contribution in [0.15, 0.2) is 25.3 Å². The van der Waals surface area contributed by atoms with Crippen molar-refractivity contribution in [3.05, 3.63) is 25.3 Å². The molecule has 188 valence electrons. The Labute approximate surface area is 196 Å². The van der Waals surface area contributed by atoms with Gasteiger partial charge >= 0.3 is 12.1 Å². The van der Waals surface area contributed by atoms with Gasteiger partial charge in [-0.1, -0.05) is 19.1 Å². The quantitative estimate of drug-likeness (QED) is 0.199. The van der Waals surface area contributed by atoms with Gasteiger partial charge in [-0.05, 0) is 20.8 Å². The molecule has 0 aromatic rings. The molecular formula is C23H38N2O8. The zero-order chi connectivity index (χ0) is 25.4. The molecule has 0 aliphatic carbocycles. The van der Waals surface area contributed by atoms with Crippen molar-refractivity contribution in [1.29, 1.82) is 0 Å². The van der Waals surface area contributed by atoms with Crippen LogP contribution in [0.1, 0.15) is 40.5 Å². The maximum atomic E-state index is 12.8. The van der Waals surface area contributed by atoms with Gasteiger partial charge in [-0.3, -0.25) is 9.59 Å². The van der Waals surface area contributed by atoms with Crippen LogP contribution < -0.4 is 10.6 Å². The number of carbonyl (C=O) groups is 4. The largest absolute Gasteiger partial charge is 0.467 e. The monoisotopic (exact) mass is 470 g/mol. The van der Waals surface area contributed by atoms with E-state index in [0.717, 1.165) is 0 Å². The fourth-order valence-electron chi connectivity index (χ4n) is 2.54. The number of ether oxygens (including phenoxy) is 4. The van der Waals surface area contributed by atoms with Gasteiger partial charge in [0.1, 0.15) is 17.7 Å². The predicted molar refractivity (Wildman–Crippen MR) is 123 cm³/mol. The van der Waals surface area contributed by atoms with E-state index >= 15 is 0 Å². The van der Waals surface area contributed by atoms with Crippen LogP contribution in [-0.4, -0.2) is 75.0 Å². The lowest BCUT2D eigenvalue weighted by molar-refractivity contribution is -0.146.